The maximum atomic E-state index is 12.3. The molecule has 0 atom stereocenters. The van der Waals surface area contributed by atoms with E-state index in [0.717, 1.165) is 32.7 Å². The van der Waals surface area contributed by atoms with E-state index < -0.39 is 0 Å². The van der Waals surface area contributed by atoms with Gasteiger partial charge < -0.3 is 15.1 Å². The van der Waals surface area contributed by atoms with Crippen LogP contribution in [0.15, 0.2) is 0 Å². The molecule has 0 unspecified atom stereocenters. The lowest BCUT2D eigenvalue weighted by Crippen LogP contribution is -2.66. The van der Waals surface area contributed by atoms with Crippen molar-refractivity contribution in [1.29, 1.82) is 0 Å². The van der Waals surface area contributed by atoms with E-state index in [0.29, 0.717) is 12.1 Å². The Kier molecular flexibility index (Phi) is 5.58. The molecule has 22 heavy (non-hydrogen) atoms. The Morgan fingerprint density at radius 3 is 2.23 bits per heavy atom. The Bertz CT molecular complexity index is 354. The molecule has 0 bridgehead atoms. The van der Waals surface area contributed by atoms with Crippen LogP contribution < -0.4 is 5.32 Å². The standard InChI is InChI=1S/C17H32N4O/c1-2-19-9-11-20(12-10-19)16-13-21(14-16)17(22)18-15-7-5-3-4-6-8-15/h15-16H,2-14H2,1H3,(H,18,22). The number of carbonyl (C=O) groups excluding carboxylic acids is 1. The minimum absolute atomic E-state index is 0.176. The van der Waals surface area contributed by atoms with Crippen molar-refractivity contribution in [2.24, 2.45) is 0 Å². The molecule has 2 heterocycles. The molecule has 3 aliphatic rings. The first-order chi connectivity index (χ1) is 10.8. The summed E-state index contributed by atoms with van der Waals surface area (Å²) in [6.45, 7) is 9.93. The van der Waals surface area contributed by atoms with Crippen LogP contribution in [0.2, 0.25) is 0 Å². The lowest BCUT2D eigenvalue weighted by molar-refractivity contribution is 0.0236. The van der Waals surface area contributed by atoms with Crippen LogP contribution in [0.1, 0.15) is 45.4 Å². The second-order valence-corrected chi connectivity index (χ2v) is 7.17. The minimum Gasteiger partial charge on any atom is -0.335 e. The van der Waals surface area contributed by atoms with E-state index in [4.69, 9.17) is 0 Å². The van der Waals surface area contributed by atoms with E-state index in [1.165, 1.54) is 51.6 Å². The quantitative estimate of drug-likeness (QED) is 0.807. The van der Waals surface area contributed by atoms with Crippen molar-refractivity contribution in [1.82, 2.24) is 20.0 Å². The zero-order valence-corrected chi connectivity index (χ0v) is 14.1. The van der Waals surface area contributed by atoms with Crippen LogP contribution >= 0.6 is 0 Å². The Morgan fingerprint density at radius 1 is 1.00 bits per heavy atom. The lowest BCUT2D eigenvalue weighted by atomic mass is 10.1. The summed E-state index contributed by atoms with van der Waals surface area (Å²) in [7, 11) is 0. The lowest BCUT2D eigenvalue weighted by Gasteiger charge is -2.48. The number of amides is 2. The number of nitrogens with one attached hydrogen (secondary N) is 1. The molecule has 1 aliphatic carbocycles. The maximum Gasteiger partial charge on any atom is 0.317 e. The number of urea groups is 1. The van der Waals surface area contributed by atoms with Crippen molar-refractivity contribution in [3.8, 4) is 0 Å². The molecule has 0 radical (unpaired) electrons. The van der Waals surface area contributed by atoms with Crippen molar-refractivity contribution >= 4 is 6.03 Å². The summed E-state index contributed by atoms with van der Waals surface area (Å²) >= 11 is 0. The largest absolute Gasteiger partial charge is 0.335 e. The molecule has 0 spiro atoms. The maximum absolute atomic E-state index is 12.3. The van der Waals surface area contributed by atoms with Crippen LogP contribution in [0.25, 0.3) is 0 Å². The molecular weight excluding hydrogens is 276 g/mol. The molecule has 1 saturated carbocycles. The third-order valence-electron chi connectivity index (χ3n) is 5.70. The highest BCUT2D eigenvalue weighted by atomic mass is 16.2. The van der Waals surface area contributed by atoms with Crippen LogP contribution in [-0.4, -0.2) is 78.6 Å². The highest BCUT2D eigenvalue weighted by molar-refractivity contribution is 5.75. The Balaban J connectivity index is 1.36. The van der Waals surface area contributed by atoms with Crippen LogP contribution in [0.3, 0.4) is 0 Å². The average Bonchev–Trinajstić information content (AvgIpc) is 2.75. The van der Waals surface area contributed by atoms with Gasteiger partial charge in [0.05, 0.1) is 0 Å². The summed E-state index contributed by atoms with van der Waals surface area (Å²) in [6.07, 6.45) is 7.55. The number of rotatable bonds is 3. The van der Waals surface area contributed by atoms with Gasteiger partial charge in [-0.3, -0.25) is 4.90 Å². The fourth-order valence-electron chi connectivity index (χ4n) is 3.99. The Hall–Kier alpha value is -0.810. The van der Waals surface area contributed by atoms with E-state index in [-0.39, 0.29) is 6.03 Å². The molecule has 0 aromatic carbocycles. The summed E-state index contributed by atoms with van der Waals surface area (Å²) in [6, 6.07) is 1.19. The van der Waals surface area contributed by atoms with Gasteiger partial charge in [-0.25, -0.2) is 4.79 Å². The van der Waals surface area contributed by atoms with Gasteiger partial charge in [0, 0.05) is 51.4 Å². The van der Waals surface area contributed by atoms with Crippen molar-refractivity contribution < 1.29 is 4.79 Å². The summed E-state index contributed by atoms with van der Waals surface area (Å²) in [4.78, 5) is 19.4. The monoisotopic (exact) mass is 308 g/mol. The second kappa shape index (κ2) is 7.64. The SMILES string of the molecule is CCN1CCN(C2CN(C(=O)NC3CCCCCC3)C2)CC1. The van der Waals surface area contributed by atoms with E-state index in [2.05, 4.69) is 22.0 Å². The molecule has 2 amide bonds. The zero-order chi connectivity index (χ0) is 15.4. The first-order valence-corrected chi connectivity index (χ1v) is 9.28. The molecule has 2 aliphatic heterocycles. The van der Waals surface area contributed by atoms with Gasteiger partial charge in [0.2, 0.25) is 0 Å². The van der Waals surface area contributed by atoms with E-state index in [1.54, 1.807) is 0 Å². The minimum atomic E-state index is 0.176. The van der Waals surface area contributed by atoms with E-state index in [9.17, 15) is 4.79 Å². The van der Waals surface area contributed by atoms with Crippen LogP contribution in [0.5, 0.6) is 0 Å². The number of hydrogen-bond donors (Lipinski definition) is 1. The third-order valence-corrected chi connectivity index (χ3v) is 5.70. The number of likely N-dealkylation sites (tertiary alicyclic amines) is 1. The van der Waals surface area contributed by atoms with Gasteiger partial charge in [-0.1, -0.05) is 32.6 Å². The first kappa shape index (κ1) is 16.1. The van der Waals surface area contributed by atoms with Gasteiger partial charge in [-0.05, 0) is 19.4 Å². The summed E-state index contributed by atoms with van der Waals surface area (Å²) in [5, 5.41) is 3.26. The average molecular weight is 308 g/mol. The van der Waals surface area contributed by atoms with Gasteiger partial charge in [0.1, 0.15) is 0 Å². The second-order valence-electron chi connectivity index (χ2n) is 7.17. The predicted octanol–water partition coefficient (Wildman–Crippen LogP) is 1.74. The highest BCUT2D eigenvalue weighted by Gasteiger charge is 2.36. The first-order valence-electron chi connectivity index (χ1n) is 9.28. The Labute approximate surface area is 135 Å². The summed E-state index contributed by atoms with van der Waals surface area (Å²) in [5.41, 5.74) is 0. The highest BCUT2D eigenvalue weighted by Crippen LogP contribution is 2.20. The van der Waals surface area contributed by atoms with Crippen molar-refractivity contribution in [2.45, 2.75) is 57.5 Å². The normalized spacial score (nSPS) is 26.5. The van der Waals surface area contributed by atoms with E-state index >= 15 is 0 Å². The summed E-state index contributed by atoms with van der Waals surface area (Å²) < 4.78 is 0. The third kappa shape index (κ3) is 3.93. The number of carbonyl (C=O) groups is 1. The number of likely N-dealkylation sites (N-methyl/N-ethyl adjacent to an activating group) is 1. The van der Waals surface area contributed by atoms with Crippen molar-refractivity contribution in [3.05, 3.63) is 0 Å². The molecule has 3 rings (SSSR count). The summed E-state index contributed by atoms with van der Waals surface area (Å²) in [5.74, 6) is 0. The van der Waals surface area contributed by atoms with Crippen LogP contribution in [-0.2, 0) is 0 Å². The van der Waals surface area contributed by atoms with Gasteiger partial charge >= 0.3 is 6.03 Å². The fraction of sp³-hybridized carbons (Fsp3) is 0.941. The number of nitrogens with zero attached hydrogens (tertiary/aromatic N) is 3. The van der Waals surface area contributed by atoms with Crippen LogP contribution in [0.4, 0.5) is 4.79 Å². The molecule has 5 heteroatoms. The smallest absolute Gasteiger partial charge is 0.317 e. The number of hydrogen-bond acceptors (Lipinski definition) is 3. The molecule has 1 N–H and O–H groups in total. The molecule has 2 saturated heterocycles. The molecule has 3 fully saturated rings. The van der Waals surface area contributed by atoms with Gasteiger partial charge in [-0.15, -0.1) is 0 Å². The van der Waals surface area contributed by atoms with E-state index in [1.807, 2.05) is 4.90 Å². The zero-order valence-electron chi connectivity index (χ0n) is 14.1. The molecular formula is C17H32N4O. The predicted molar refractivity (Wildman–Crippen MR) is 89.1 cm³/mol. The Morgan fingerprint density at radius 2 is 1.64 bits per heavy atom. The molecule has 0 aromatic rings. The molecule has 5 nitrogen and oxygen atoms in total. The number of piperazine rings is 1. The van der Waals surface area contributed by atoms with Crippen molar-refractivity contribution in [3.63, 3.8) is 0 Å². The van der Waals surface area contributed by atoms with Gasteiger partial charge in [0.15, 0.2) is 0 Å². The molecule has 0 aromatic heterocycles. The van der Waals surface area contributed by atoms with Gasteiger partial charge in [0.25, 0.3) is 0 Å². The molecule has 126 valence electrons. The van der Waals surface area contributed by atoms with Gasteiger partial charge in [-0.2, -0.15) is 0 Å². The van der Waals surface area contributed by atoms with Crippen molar-refractivity contribution in [2.75, 3.05) is 45.8 Å². The van der Waals surface area contributed by atoms with Crippen LogP contribution in [0, 0.1) is 0 Å². The fourth-order valence-corrected chi connectivity index (χ4v) is 3.99. The topological polar surface area (TPSA) is 38.8 Å².